The highest BCUT2D eigenvalue weighted by Crippen LogP contribution is 2.31. The average molecular weight is 322 g/mol. The molecule has 3 nitrogen and oxygen atoms in total. The zero-order valence-electron chi connectivity index (χ0n) is 12.5. The Bertz CT molecular complexity index is 558. The third-order valence-corrected chi connectivity index (χ3v) is 6.28. The largest absolute Gasteiger partial charge is 0.388 e. The Morgan fingerprint density at radius 3 is 2.95 bits per heavy atom. The van der Waals surface area contributed by atoms with Gasteiger partial charge < -0.3 is 10.4 Å². The van der Waals surface area contributed by atoms with Crippen molar-refractivity contribution in [3.05, 3.63) is 38.0 Å². The third-order valence-electron chi connectivity index (χ3n) is 3.97. The zero-order chi connectivity index (χ0) is 14.8. The number of nitrogens with one attached hydrogen (secondary N) is 1. The number of aryl methyl sites for hydroxylation is 2. The molecule has 2 N–H and O–H groups in total. The van der Waals surface area contributed by atoms with Crippen LogP contribution in [0.5, 0.6) is 0 Å². The van der Waals surface area contributed by atoms with E-state index in [-0.39, 0.29) is 18.2 Å². The topological polar surface area (TPSA) is 45.1 Å². The van der Waals surface area contributed by atoms with Gasteiger partial charge in [-0.1, -0.05) is 6.07 Å². The van der Waals surface area contributed by atoms with E-state index in [1.807, 2.05) is 28.8 Å². The highest BCUT2D eigenvalue weighted by molar-refractivity contribution is 7.11. The van der Waals surface area contributed by atoms with E-state index in [9.17, 15) is 5.11 Å². The van der Waals surface area contributed by atoms with Crippen molar-refractivity contribution in [1.29, 1.82) is 0 Å². The van der Waals surface area contributed by atoms with E-state index >= 15 is 0 Å². The van der Waals surface area contributed by atoms with Crippen molar-refractivity contribution in [3.63, 3.8) is 0 Å². The van der Waals surface area contributed by atoms with Crippen LogP contribution in [0.15, 0.2) is 17.5 Å². The SMILES string of the molecule is CC(CC(O)c1cccs1)NC(C)c1nc2c(s1)CCC2. The number of aromatic nitrogens is 1. The lowest BCUT2D eigenvalue weighted by molar-refractivity contribution is 0.155. The quantitative estimate of drug-likeness (QED) is 0.849. The van der Waals surface area contributed by atoms with Gasteiger partial charge >= 0.3 is 0 Å². The molecule has 2 aromatic heterocycles. The molecule has 114 valence electrons. The lowest BCUT2D eigenvalue weighted by Gasteiger charge is -2.20. The Kier molecular flexibility index (Phi) is 4.74. The number of thiophene rings is 1. The van der Waals surface area contributed by atoms with Gasteiger partial charge in [0.15, 0.2) is 0 Å². The molecular formula is C16H22N2OS2. The fraction of sp³-hybridized carbons (Fsp3) is 0.562. The van der Waals surface area contributed by atoms with Crippen LogP contribution in [-0.2, 0) is 12.8 Å². The minimum atomic E-state index is -0.374. The van der Waals surface area contributed by atoms with Gasteiger partial charge in [-0.05, 0) is 51.0 Å². The average Bonchev–Trinajstić information content (AvgIpc) is 3.15. The molecule has 0 saturated heterocycles. The molecule has 3 unspecified atom stereocenters. The van der Waals surface area contributed by atoms with Crippen molar-refractivity contribution in [2.24, 2.45) is 0 Å². The van der Waals surface area contributed by atoms with Gasteiger partial charge in [0.25, 0.3) is 0 Å². The van der Waals surface area contributed by atoms with Gasteiger partial charge in [-0.15, -0.1) is 22.7 Å². The first kappa shape index (κ1) is 15.2. The Hall–Kier alpha value is -0.750. The molecule has 5 heteroatoms. The van der Waals surface area contributed by atoms with Gasteiger partial charge in [0.1, 0.15) is 5.01 Å². The van der Waals surface area contributed by atoms with Crippen molar-refractivity contribution < 1.29 is 5.11 Å². The van der Waals surface area contributed by atoms with Crippen molar-refractivity contribution in [1.82, 2.24) is 10.3 Å². The molecule has 0 amide bonds. The van der Waals surface area contributed by atoms with E-state index in [0.29, 0.717) is 0 Å². The van der Waals surface area contributed by atoms with E-state index in [1.165, 1.54) is 28.4 Å². The summed E-state index contributed by atoms with van der Waals surface area (Å²) in [5, 5.41) is 17.0. The van der Waals surface area contributed by atoms with Crippen LogP contribution in [0.2, 0.25) is 0 Å². The summed E-state index contributed by atoms with van der Waals surface area (Å²) in [6, 6.07) is 4.50. The second-order valence-electron chi connectivity index (χ2n) is 5.83. The molecule has 1 aliphatic rings. The molecule has 0 saturated carbocycles. The second-order valence-corrected chi connectivity index (χ2v) is 7.93. The molecular weight excluding hydrogens is 300 g/mol. The first-order valence-corrected chi connectivity index (χ1v) is 9.29. The maximum Gasteiger partial charge on any atom is 0.110 e. The summed E-state index contributed by atoms with van der Waals surface area (Å²) >= 11 is 3.47. The summed E-state index contributed by atoms with van der Waals surface area (Å²) in [6.45, 7) is 4.30. The van der Waals surface area contributed by atoms with Crippen LogP contribution in [-0.4, -0.2) is 16.1 Å². The molecule has 0 aromatic carbocycles. The van der Waals surface area contributed by atoms with E-state index in [2.05, 4.69) is 19.2 Å². The summed E-state index contributed by atoms with van der Waals surface area (Å²) in [5.74, 6) is 0. The number of fused-ring (bicyclic) bond motifs is 1. The predicted molar refractivity (Wildman–Crippen MR) is 89.0 cm³/mol. The van der Waals surface area contributed by atoms with Crippen LogP contribution in [0.3, 0.4) is 0 Å². The maximum absolute atomic E-state index is 10.2. The fourth-order valence-electron chi connectivity index (χ4n) is 2.89. The lowest BCUT2D eigenvalue weighted by Crippen LogP contribution is -2.30. The summed E-state index contributed by atoms with van der Waals surface area (Å²) in [7, 11) is 0. The maximum atomic E-state index is 10.2. The van der Waals surface area contributed by atoms with Crippen molar-refractivity contribution in [3.8, 4) is 0 Å². The number of nitrogens with zero attached hydrogens (tertiary/aromatic N) is 1. The van der Waals surface area contributed by atoms with Crippen molar-refractivity contribution >= 4 is 22.7 Å². The van der Waals surface area contributed by atoms with Crippen LogP contribution in [0.4, 0.5) is 0 Å². The van der Waals surface area contributed by atoms with Crippen LogP contribution in [0.1, 0.15) is 59.3 Å². The van der Waals surface area contributed by atoms with Gasteiger partial charge in [0.05, 0.1) is 17.8 Å². The van der Waals surface area contributed by atoms with E-state index in [0.717, 1.165) is 17.7 Å². The Morgan fingerprint density at radius 1 is 1.38 bits per heavy atom. The number of aliphatic hydroxyl groups is 1. The Balaban J connectivity index is 1.55. The standard InChI is InChI=1S/C16H22N2OS2/c1-10(9-13(19)15-7-4-8-20-15)17-11(2)16-18-12-5-3-6-14(12)21-16/h4,7-8,10-11,13,17,19H,3,5-6,9H2,1-2H3. The molecule has 1 aliphatic carbocycles. The van der Waals surface area contributed by atoms with Crippen LogP contribution in [0.25, 0.3) is 0 Å². The first-order chi connectivity index (χ1) is 10.1. The van der Waals surface area contributed by atoms with Gasteiger partial charge in [-0.2, -0.15) is 0 Å². The molecule has 0 aliphatic heterocycles. The lowest BCUT2D eigenvalue weighted by atomic mass is 10.1. The zero-order valence-corrected chi connectivity index (χ0v) is 14.1. The van der Waals surface area contributed by atoms with Gasteiger partial charge in [0.2, 0.25) is 0 Å². The molecule has 0 radical (unpaired) electrons. The fourth-order valence-corrected chi connectivity index (χ4v) is 4.78. The number of thiazole rings is 1. The van der Waals surface area contributed by atoms with Crippen molar-refractivity contribution in [2.75, 3.05) is 0 Å². The second kappa shape index (κ2) is 6.57. The summed E-state index contributed by atoms with van der Waals surface area (Å²) in [6.07, 6.45) is 3.97. The third kappa shape index (κ3) is 3.54. The highest BCUT2D eigenvalue weighted by atomic mass is 32.1. The van der Waals surface area contributed by atoms with E-state index in [4.69, 9.17) is 4.98 Å². The normalized spacial score (nSPS) is 18.4. The minimum absolute atomic E-state index is 0.256. The number of rotatable bonds is 6. The molecule has 3 rings (SSSR count). The number of hydrogen-bond acceptors (Lipinski definition) is 5. The molecule has 0 bridgehead atoms. The molecule has 0 spiro atoms. The smallest absolute Gasteiger partial charge is 0.110 e. The summed E-state index contributed by atoms with van der Waals surface area (Å²) < 4.78 is 0. The Labute approximate surface area is 134 Å². The summed E-state index contributed by atoms with van der Waals surface area (Å²) in [5.41, 5.74) is 1.31. The first-order valence-electron chi connectivity index (χ1n) is 7.59. The molecule has 2 heterocycles. The van der Waals surface area contributed by atoms with E-state index < -0.39 is 0 Å². The van der Waals surface area contributed by atoms with Gasteiger partial charge in [-0.25, -0.2) is 4.98 Å². The van der Waals surface area contributed by atoms with Crippen molar-refractivity contribution in [2.45, 2.75) is 57.7 Å². The monoisotopic (exact) mass is 322 g/mol. The number of hydrogen-bond donors (Lipinski definition) is 2. The Morgan fingerprint density at radius 2 is 2.24 bits per heavy atom. The van der Waals surface area contributed by atoms with Crippen LogP contribution >= 0.6 is 22.7 Å². The predicted octanol–water partition coefficient (Wildman–Crippen LogP) is 3.86. The minimum Gasteiger partial charge on any atom is -0.388 e. The molecule has 3 atom stereocenters. The van der Waals surface area contributed by atoms with Crippen LogP contribution in [0, 0.1) is 0 Å². The molecule has 21 heavy (non-hydrogen) atoms. The highest BCUT2D eigenvalue weighted by Gasteiger charge is 2.21. The van der Waals surface area contributed by atoms with E-state index in [1.54, 1.807) is 11.3 Å². The van der Waals surface area contributed by atoms with Crippen LogP contribution < -0.4 is 5.32 Å². The number of aliphatic hydroxyl groups excluding tert-OH is 1. The van der Waals surface area contributed by atoms with Gasteiger partial charge in [-0.3, -0.25) is 0 Å². The molecule has 2 aromatic rings. The summed E-state index contributed by atoms with van der Waals surface area (Å²) in [4.78, 5) is 7.29. The van der Waals surface area contributed by atoms with Gasteiger partial charge in [0, 0.05) is 15.8 Å². The molecule has 0 fully saturated rings.